The van der Waals surface area contributed by atoms with Gasteiger partial charge >= 0.3 is 0 Å². The van der Waals surface area contributed by atoms with Gasteiger partial charge in [0.2, 0.25) is 0 Å². The van der Waals surface area contributed by atoms with Gasteiger partial charge in [-0.2, -0.15) is 0 Å². The molecule has 1 fully saturated rings. The monoisotopic (exact) mass is 361 g/mol. The summed E-state index contributed by atoms with van der Waals surface area (Å²) >= 11 is 0. The molecule has 0 radical (unpaired) electrons. The van der Waals surface area contributed by atoms with E-state index in [4.69, 9.17) is 0 Å². The number of carbonyl (C=O) groups is 1. The largest absolute Gasteiger partial charge is 0.375 e. The highest BCUT2D eigenvalue weighted by molar-refractivity contribution is 5.94. The number of anilines is 1. The fraction of sp³-hybridized carbons (Fsp3) is 0.588. The summed E-state index contributed by atoms with van der Waals surface area (Å²) in [6.07, 6.45) is 2.12. The molecule has 0 aliphatic carbocycles. The third-order valence-corrected chi connectivity index (χ3v) is 4.23. The zero-order chi connectivity index (χ0) is 15.2. The standard InChI is InChI=1S/C17H27N3O.2ClH/c1-4-11-20(3)15-7-5-14(6-8-15)17(21)19-16-9-10-18-12-13(16)2;;/h5-8,13,16,18H,4,9-12H2,1-3H3,(H,19,21);2*1H. The molecule has 2 unspecified atom stereocenters. The number of halogens is 2. The maximum atomic E-state index is 12.3. The number of hydrogen-bond donors (Lipinski definition) is 2. The minimum absolute atomic E-state index is 0. The van der Waals surface area contributed by atoms with Crippen LogP contribution in [-0.2, 0) is 0 Å². The van der Waals surface area contributed by atoms with Crippen LogP contribution in [0.5, 0.6) is 0 Å². The van der Waals surface area contributed by atoms with Gasteiger partial charge in [0.15, 0.2) is 0 Å². The maximum absolute atomic E-state index is 12.3. The summed E-state index contributed by atoms with van der Waals surface area (Å²) in [5.74, 6) is 0.524. The van der Waals surface area contributed by atoms with Gasteiger partial charge in [0.25, 0.3) is 5.91 Å². The van der Waals surface area contributed by atoms with E-state index in [1.807, 2.05) is 24.3 Å². The van der Waals surface area contributed by atoms with Gasteiger partial charge in [0.05, 0.1) is 0 Å². The fourth-order valence-electron chi connectivity index (χ4n) is 2.81. The Morgan fingerprint density at radius 1 is 1.30 bits per heavy atom. The molecule has 23 heavy (non-hydrogen) atoms. The zero-order valence-corrected chi connectivity index (χ0v) is 15.8. The van der Waals surface area contributed by atoms with E-state index in [9.17, 15) is 4.79 Å². The summed E-state index contributed by atoms with van der Waals surface area (Å²) in [5.41, 5.74) is 1.90. The van der Waals surface area contributed by atoms with Crippen LogP contribution in [0.3, 0.4) is 0 Å². The number of rotatable bonds is 5. The molecular weight excluding hydrogens is 333 g/mol. The summed E-state index contributed by atoms with van der Waals surface area (Å²) in [4.78, 5) is 14.5. The Morgan fingerprint density at radius 2 is 1.96 bits per heavy atom. The van der Waals surface area contributed by atoms with Crippen LogP contribution in [0.4, 0.5) is 5.69 Å². The highest BCUT2D eigenvalue weighted by atomic mass is 35.5. The average Bonchev–Trinajstić information content (AvgIpc) is 2.50. The van der Waals surface area contributed by atoms with Crippen molar-refractivity contribution >= 4 is 36.4 Å². The summed E-state index contributed by atoms with van der Waals surface area (Å²) in [7, 11) is 2.08. The predicted molar refractivity (Wildman–Crippen MR) is 102 cm³/mol. The van der Waals surface area contributed by atoms with Gasteiger partial charge in [-0.3, -0.25) is 4.79 Å². The van der Waals surface area contributed by atoms with Crippen LogP contribution in [0.15, 0.2) is 24.3 Å². The topological polar surface area (TPSA) is 44.4 Å². The van der Waals surface area contributed by atoms with Crippen molar-refractivity contribution < 1.29 is 4.79 Å². The molecule has 4 nitrogen and oxygen atoms in total. The smallest absolute Gasteiger partial charge is 0.251 e. The third kappa shape index (κ3) is 6.21. The molecule has 0 bridgehead atoms. The van der Waals surface area contributed by atoms with Crippen molar-refractivity contribution in [3.05, 3.63) is 29.8 Å². The second-order valence-electron chi connectivity index (χ2n) is 6.02. The minimum Gasteiger partial charge on any atom is -0.375 e. The molecule has 1 aliphatic rings. The predicted octanol–water partition coefficient (Wildman–Crippen LogP) is 3.10. The molecule has 1 amide bonds. The molecule has 1 aliphatic heterocycles. The molecule has 1 saturated heterocycles. The first-order valence-electron chi connectivity index (χ1n) is 7.94. The van der Waals surface area contributed by atoms with E-state index in [0.29, 0.717) is 5.92 Å². The molecule has 1 aromatic carbocycles. The number of nitrogens with one attached hydrogen (secondary N) is 2. The molecule has 2 rings (SSSR count). The molecule has 132 valence electrons. The summed E-state index contributed by atoms with van der Waals surface area (Å²) in [6, 6.07) is 8.17. The van der Waals surface area contributed by atoms with Crippen LogP contribution < -0.4 is 15.5 Å². The van der Waals surface area contributed by atoms with Gasteiger partial charge in [-0.25, -0.2) is 0 Å². The van der Waals surface area contributed by atoms with Crippen LogP contribution in [0.2, 0.25) is 0 Å². The van der Waals surface area contributed by atoms with Crippen molar-refractivity contribution in [2.75, 3.05) is 31.6 Å². The van der Waals surface area contributed by atoms with E-state index in [-0.39, 0.29) is 36.8 Å². The lowest BCUT2D eigenvalue weighted by atomic mass is 9.95. The SMILES string of the molecule is CCCN(C)c1ccc(C(=O)NC2CCNCC2C)cc1.Cl.Cl. The zero-order valence-electron chi connectivity index (χ0n) is 14.2. The number of benzene rings is 1. The number of piperidine rings is 1. The van der Waals surface area contributed by atoms with Crippen LogP contribution in [0.25, 0.3) is 0 Å². The first-order chi connectivity index (χ1) is 10.1. The van der Waals surface area contributed by atoms with Crippen LogP contribution >= 0.6 is 24.8 Å². The van der Waals surface area contributed by atoms with Crippen LogP contribution in [0.1, 0.15) is 37.0 Å². The van der Waals surface area contributed by atoms with Crippen molar-refractivity contribution in [3.8, 4) is 0 Å². The Balaban J connectivity index is 0.00000242. The van der Waals surface area contributed by atoms with E-state index < -0.39 is 0 Å². The van der Waals surface area contributed by atoms with Gasteiger partial charge in [-0.1, -0.05) is 13.8 Å². The second-order valence-corrected chi connectivity index (χ2v) is 6.02. The first kappa shape index (κ1) is 22.0. The number of nitrogens with zero attached hydrogens (tertiary/aromatic N) is 1. The van der Waals surface area contributed by atoms with E-state index in [1.165, 1.54) is 0 Å². The molecule has 1 heterocycles. The molecule has 0 aromatic heterocycles. The van der Waals surface area contributed by atoms with Crippen LogP contribution in [0, 0.1) is 5.92 Å². The highest BCUT2D eigenvalue weighted by Crippen LogP contribution is 2.15. The van der Waals surface area contributed by atoms with E-state index in [1.54, 1.807) is 0 Å². The Bertz CT molecular complexity index is 467. The fourth-order valence-corrected chi connectivity index (χ4v) is 2.81. The normalized spacial score (nSPS) is 20.0. The molecule has 6 heteroatoms. The van der Waals surface area contributed by atoms with Gasteiger partial charge in [0.1, 0.15) is 0 Å². The van der Waals surface area contributed by atoms with Gasteiger partial charge in [-0.15, -0.1) is 24.8 Å². The molecule has 2 atom stereocenters. The Morgan fingerprint density at radius 3 is 2.52 bits per heavy atom. The number of carbonyl (C=O) groups excluding carboxylic acids is 1. The lowest BCUT2D eigenvalue weighted by Gasteiger charge is -2.30. The minimum atomic E-state index is 0. The first-order valence-corrected chi connectivity index (χ1v) is 7.94. The molecule has 0 saturated carbocycles. The quantitative estimate of drug-likeness (QED) is 0.846. The molecular formula is C17H29Cl2N3O. The van der Waals surface area contributed by atoms with Gasteiger partial charge in [0, 0.05) is 30.9 Å². The Kier molecular flexibility index (Phi) is 10.3. The van der Waals surface area contributed by atoms with E-state index in [0.717, 1.165) is 43.7 Å². The van der Waals surface area contributed by atoms with Gasteiger partial charge < -0.3 is 15.5 Å². The molecule has 2 N–H and O–H groups in total. The number of hydrogen-bond acceptors (Lipinski definition) is 3. The van der Waals surface area contributed by atoms with Crippen molar-refractivity contribution in [1.29, 1.82) is 0 Å². The lowest BCUT2D eigenvalue weighted by molar-refractivity contribution is 0.0914. The van der Waals surface area contributed by atoms with Crippen molar-refractivity contribution in [2.24, 2.45) is 5.92 Å². The summed E-state index contributed by atoms with van der Waals surface area (Å²) < 4.78 is 0. The van der Waals surface area contributed by atoms with Crippen molar-refractivity contribution in [2.45, 2.75) is 32.7 Å². The van der Waals surface area contributed by atoms with Gasteiger partial charge in [-0.05, 0) is 56.1 Å². The molecule has 1 aromatic rings. The summed E-state index contributed by atoms with van der Waals surface area (Å²) in [5, 5.41) is 6.52. The average molecular weight is 362 g/mol. The second kappa shape index (κ2) is 10.7. The molecule has 0 spiro atoms. The summed E-state index contributed by atoms with van der Waals surface area (Å²) in [6.45, 7) is 7.33. The van der Waals surface area contributed by atoms with E-state index in [2.05, 4.69) is 36.4 Å². The highest BCUT2D eigenvalue weighted by Gasteiger charge is 2.22. The lowest BCUT2D eigenvalue weighted by Crippen LogP contribution is -2.48. The number of amides is 1. The van der Waals surface area contributed by atoms with E-state index >= 15 is 0 Å². The Labute approximate surface area is 152 Å². The van der Waals surface area contributed by atoms with Crippen molar-refractivity contribution in [3.63, 3.8) is 0 Å². The Hall–Kier alpha value is -0.970. The maximum Gasteiger partial charge on any atom is 0.251 e. The van der Waals surface area contributed by atoms with Crippen LogP contribution in [-0.4, -0.2) is 38.6 Å². The third-order valence-electron chi connectivity index (χ3n) is 4.23. The van der Waals surface area contributed by atoms with Crippen molar-refractivity contribution in [1.82, 2.24) is 10.6 Å².